The summed E-state index contributed by atoms with van der Waals surface area (Å²) >= 11 is 1.35. The minimum atomic E-state index is -0.279. The molecule has 1 fully saturated rings. The number of para-hydroxylation sites is 2. The van der Waals surface area contributed by atoms with E-state index in [2.05, 4.69) is 4.90 Å². The van der Waals surface area contributed by atoms with E-state index in [9.17, 15) is 9.18 Å². The maximum Gasteiger partial charge on any atom is 0.264 e. The van der Waals surface area contributed by atoms with Gasteiger partial charge in [0.2, 0.25) is 0 Å². The second-order valence-electron chi connectivity index (χ2n) is 6.21. The normalized spacial score (nSPS) is 14.7. The Morgan fingerprint density at radius 2 is 1.85 bits per heavy atom. The lowest BCUT2D eigenvalue weighted by atomic mass is 10.2. The molecule has 0 aliphatic carbocycles. The second kappa shape index (κ2) is 6.96. The molecule has 26 heavy (non-hydrogen) atoms. The van der Waals surface area contributed by atoms with Gasteiger partial charge >= 0.3 is 0 Å². The van der Waals surface area contributed by atoms with Gasteiger partial charge in [-0.15, -0.1) is 11.3 Å². The molecule has 2 heterocycles. The number of halogens is 1. The van der Waals surface area contributed by atoms with E-state index in [1.807, 2.05) is 35.2 Å². The first-order chi connectivity index (χ1) is 12.7. The Morgan fingerprint density at radius 1 is 1.08 bits per heavy atom. The number of rotatable bonds is 3. The van der Waals surface area contributed by atoms with Gasteiger partial charge in [0, 0.05) is 36.3 Å². The van der Waals surface area contributed by atoms with E-state index in [4.69, 9.17) is 4.74 Å². The van der Waals surface area contributed by atoms with Crippen LogP contribution in [-0.4, -0.2) is 44.1 Å². The van der Waals surface area contributed by atoms with Gasteiger partial charge in [0.1, 0.15) is 11.6 Å². The van der Waals surface area contributed by atoms with Gasteiger partial charge in [-0.05, 0) is 30.3 Å². The zero-order valence-electron chi connectivity index (χ0n) is 14.4. The van der Waals surface area contributed by atoms with Gasteiger partial charge in [0.15, 0.2) is 0 Å². The molecule has 0 saturated carbocycles. The number of nitrogens with zero attached hydrogens (tertiary/aromatic N) is 2. The topological polar surface area (TPSA) is 32.8 Å². The van der Waals surface area contributed by atoms with E-state index in [1.165, 1.54) is 17.4 Å². The number of benzene rings is 2. The maximum absolute atomic E-state index is 13.9. The van der Waals surface area contributed by atoms with Crippen LogP contribution in [0.3, 0.4) is 0 Å². The van der Waals surface area contributed by atoms with Crippen molar-refractivity contribution in [2.75, 3.05) is 38.2 Å². The molecule has 1 saturated heterocycles. The molecule has 0 N–H and O–H groups in total. The zero-order chi connectivity index (χ0) is 18.1. The third-order valence-electron chi connectivity index (χ3n) is 4.71. The summed E-state index contributed by atoms with van der Waals surface area (Å²) in [6, 6.07) is 14.5. The van der Waals surface area contributed by atoms with Crippen molar-refractivity contribution in [3.63, 3.8) is 0 Å². The molecule has 0 atom stereocenters. The van der Waals surface area contributed by atoms with Gasteiger partial charge in [0.05, 0.1) is 17.7 Å². The number of carbonyl (C=O) groups excluding carboxylic acids is 1. The summed E-state index contributed by atoms with van der Waals surface area (Å²) in [5.74, 6) is 0.538. The van der Waals surface area contributed by atoms with Gasteiger partial charge in [-0.2, -0.15) is 0 Å². The van der Waals surface area contributed by atoms with Crippen molar-refractivity contribution in [2.45, 2.75) is 0 Å². The summed E-state index contributed by atoms with van der Waals surface area (Å²) in [4.78, 5) is 17.5. The summed E-state index contributed by atoms with van der Waals surface area (Å²) in [5.41, 5.74) is 1.05. The van der Waals surface area contributed by atoms with E-state index < -0.39 is 0 Å². The summed E-state index contributed by atoms with van der Waals surface area (Å²) < 4.78 is 20.1. The lowest BCUT2D eigenvalue weighted by molar-refractivity contribution is 0.0751. The van der Waals surface area contributed by atoms with Crippen molar-refractivity contribution >= 4 is 33.0 Å². The van der Waals surface area contributed by atoms with Crippen molar-refractivity contribution in [3.8, 4) is 5.75 Å². The molecule has 0 spiro atoms. The highest BCUT2D eigenvalue weighted by Gasteiger charge is 2.25. The third-order valence-corrected chi connectivity index (χ3v) is 5.80. The Morgan fingerprint density at radius 3 is 2.58 bits per heavy atom. The van der Waals surface area contributed by atoms with Crippen LogP contribution in [0.15, 0.2) is 48.5 Å². The number of hydrogen-bond donors (Lipinski definition) is 0. The standard InChI is InChI=1S/C20H19FN2O2S/c1-25-17-7-3-2-6-16(17)22-9-11-23(12-10-22)20(24)19-13-14-15(21)5-4-8-18(14)26-19/h2-8,13H,9-12H2,1H3. The molecular weight excluding hydrogens is 351 g/mol. The van der Waals surface area contributed by atoms with Crippen LogP contribution in [0.25, 0.3) is 10.1 Å². The molecule has 4 rings (SSSR count). The molecule has 1 amide bonds. The Labute approximate surface area is 155 Å². The number of anilines is 1. The van der Waals surface area contributed by atoms with E-state index >= 15 is 0 Å². The van der Waals surface area contributed by atoms with Gasteiger partial charge in [-0.25, -0.2) is 4.39 Å². The zero-order valence-corrected chi connectivity index (χ0v) is 15.3. The molecule has 0 bridgehead atoms. The minimum Gasteiger partial charge on any atom is -0.495 e. The third kappa shape index (κ3) is 3.01. The van der Waals surface area contributed by atoms with Crippen LogP contribution < -0.4 is 9.64 Å². The first-order valence-corrected chi connectivity index (χ1v) is 9.34. The molecule has 0 unspecified atom stereocenters. The molecule has 134 valence electrons. The molecule has 3 aromatic rings. The number of methoxy groups -OCH3 is 1. The summed E-state index contributed by atoms with van der Waals surface area (Å²) in [5, 5.41) is 0.522. The van der Waals surface area contributed by atoms with Gasteiger partial charge in [-0.3, -0.25) is 4.79 Å². The van der Waals surface area contributed by atoms with E-state index in [1.54, 1.807) is 19.2 Å². The Hall–Kier alpha value is -2.60. The van der Waals surface area contributed by atoms with Gasteiger partial charge < -0.3 is 14.5 Å². The van der Waals surface area contributed by atoms with Crippen molar-refractivity contribution in [3.05, 3.63) is 59.2 Å². The number of thiophene rings is 1. The van der Waals surface area contributed by atoms with Crippen molar-refractivity contribution in [1.82, 2.24) is 4.90 Å². The van der Waals surface area contributed by atoms with E-state index in [0.29, 0.717) is 23.4 Å². The van der Waals surface area contributed by atoms with Crippen LogP contribution in [0.4, 0.5) is 10.1 Å². The van der Waals surface area contributed by atoms with Crippen molar-refractivity contribution < 1.29 is 13.9 Å². The van der Waals surface area contributed by atoms with E-state index in [0.717, 1.165) is 29.2 Å². The smallest absolute Gasteiger partial charge is 0.264 e. The van der Waals surface area contributed by atoms with Gasteiger partial charge in [-0.1, -0.05) is 18.2 Å². The number of amides is 1. The lowest BCUT2D eigenvalue weighted by Crippen LogP contribution is -2.48. The average molecular weight is 370 g/mol. The molecule has 2 aromatic carbocycles. The van der Waals surface area contributed by atoms with Crippen LogP contribution >= 0.6 is 11.3 Å². The number of fused-ring (bicyclic) bond motifs is 1. The summed E-state index contributed by atoms with van der Waals surface area (Å²) in [6.07, 6.45) is 0. The first-order valence-electron chi connectivity index (χ1n) is 8.52. The predicted molar refractivity (Wildman–Crippen MR) is 103 cm³/mol. The van der Waals surface area contributed by atoms with Gasteiger partial charge in [0.25, 0.3) is 5.91 Å². The monoisotopic (exact) mass is 370 g/mol. The maximum atomic E-state index is 13.9. The number of carbonyl (C=O) groups is 1. The molecule has 4 nitrogen and oxygen atoms in total. The fourth-order valence-corrected chi connectivity index (χ4v) is 4.37. The predicted octanol–water partition coefficient (Wildman–Crippen LogP) is 4.01. The van der Waals surface area contributed by atoms with Crippen LogP contribution in [-0.2, 0) is 0 Å². The van der Waals surface area contributed by atoms with Crippen molar-refractivity contribution in [2.24, 2.45) is 0 Å². The van der Waals surface area contributed by atoms with E-state index in [-0.39, 0.29) is 11.7 Å². The van der Waals surface area contributed by atoms with Crippen LogP contribution in [0.5, 0.6) is 5.75 Å². The SMILES string of the molecule is COc1ccccc1N1CCN(C(=O)c2cc3c(F)cccc3s2)CC1. The number of hydrogen-bond acceptors (Lipinski definition) is 4. The Balaban J connectivity index is 1.48. The summed E-state index contributed by atoms with van der Waals surface area (Å²) in [7, 11) is 1.67. The largest absolute Gasteiger partial charge is 0.495 e. The first kappa shape index (κ1) is 16.8. The van der Waals surface area contributed by atoms with Crippen LogP contribution in [0.2, 0.25) is 0 Å². The van der Waals surface area contributed by atoms with Crippen LogP contribution in [0, 0.1) is 5.82 Å². The highest BCUT2D eigenvalue weighted by molar-refractivity contribution is 7.20. The quantitative estimate of drug-likeness (QED) is 0.698. The lowest BCUT2D eigenvalue weighted by Gasteiger charge is -2.36. The number of piperazine rings is 1. The Kier molecular flexibility index (Phi) is 4.51. The van der Waals surface area contributed by atoms with Crippen molar-refractivity contribution in [1.29, 1.82) is 0 Å². The highest BCUT2D eigenvalue weighted by atomic mass is 32.1. The number of ether oxygens (including phenoxy) is 1. The second-order valence-corrected chi connectivity index (χ2v) is 7.30. The highest BCUT2D eigenvalue weighted by Crippen LogP contribution is 2.30. The molecular formula is C20H19FN2O2S. The molecule has 0 radical (unpaired) electrons. The summed E-state index contributed by atoms with van der Waals surface area (Å²) in [6.45, 7) is 2.75. The minimum absolute atomic E-state index is 0.0229. The van der Waals surface area contributed by atoms with Crippen LogP contribution in [0.1, 0.15) is 9.67 Å². The molecule has 1 aliphatic heterocycles. The molecule has 6 heteroatoms. The fourth-order valence-electron chi connectivity index (χ4n) is 3.33. The Bertz CT molecular complexity index is 948. The molecule has 1 aromatic heterocycles. The average Bonchev–Trinajstić information content (AvgIpc) is 3.13. The fraction of sp³-hybridized carbons (Fsp3) is 0.250. The molecule has 1 aliphatic rings.